The highest BCUT2D eigenvalue weighted by atomic mass is 35.5. The molecule has 11 heavy (non-hydrogen) atoms. The number of allylic oxidation sites excluding steroid dienone is 4. The minimum Gasteiger partial charge on any atom is -0.0889 e. The van der Waals surface area contributed by atoms with E-state index < -0.39 is 0 Å². The minimum absolute atomic E-state index is 1.03. The summed E-state index contributed by atoms with van der Waals surface area (Å²) >= 11 is 5.87. The minimum atomic E-state index is 1.03. The number of rotatable bonds is 0. The van der Waals surface area contributed by atoms with Gasteiger partial charge in [-0.05, 0) is 32.3 Å². The van der Waals surface area contributed by atoms with Crippen molar-refractivity contribution in [3.63, 3.8) is 0 Å². The van der Waals surface area contributed by atoms with E-state index >= 15 is 0 Å². The van der Waals surface area contributed by atoms with Gasteiger partial charge < -0.3 is 0 Å². The molecule has 0 aromatic carbocycles. The van der Waals surface area contributed by atoms with Crippen LogP contribution < -0.4 is 0 Å². The smallest absolute Gasteiger partial charge is 0.0213 e. The zero-order chi connectivity index (χ0) is 8.85. The topological polar surface area (TPSA) is 0 Å². The van der Waals surface area contributed by atoms with Crippen LogP contribution >= 0.6 is 11.6 Å². The van der Waals surface area contributed by atoms with Crippen LogP contribution in [0.1, 0.15) is 40.5 Å². The van der Waals surface area contributed by atoms with Gasteiger partial charge in [-0.1, -0.05) is 37.1 Å². The highest BCUT2D eigenvalue weighted by Gasteiger charge is 2.03. The Bertz CT molecular complexity index is 175. The number of hydrogen-bond donors (Lipinski definition) is 0. The van der Waals surface area contributed by atoms with Crippen molar-refractivity contribution >= 4 is 11.6 Å². The molecule has 0 fully saturated rings. The summed E-state index contributed by atoms with van der Waals surface area (Å²) in [6.45, 7) is 8.21. The van der Waals surface area contributed by atoms with E-state index in [0.717, 1.165) is 17.9 Å². The van der Waals surface area contributed by atoms with Gasteiger partial charge in [0.25, 0.3) is 0 Å². The molecular weight excluding hydrogens is 156 g/mol. The Morgan fingerprint density at radius 1 is 1.18 bits per heavy atom. The molecule has 64 valence electrons. The second-order valence-electron chi connectivity index (χ2n) is 2.58. The zero-order valence-electron chi connectivity index (χ0n) is 7.87. The molecule has 0 aliphatic heterocycles. The molecule has 1 aliphatic rings. The summed E-state index contributed by atoms with van der Waals surface area (Å²) in [5.41, 5.74) is 2.68. The van der Waals surface area contributed by atoms with Gasteiger partial charge in [-0.25, -0.2) is 0 Å². The Morgan fingerprint density at radius 2 is 1.73 bits per heavy atom. The van der Waals surface area contributed by atoms with Crippen LogP contribution in [-0.4, -0.2) is 0 Å². The van der Waals surface area contributed by atoms with Crippen molar-refractivity contribution in [2.45, 2.75) is 40.5 Å². The molecule has 0 saturated heterocycles. The maximum absolute atomic E-state index is 5.87. The second kappa shape index (κ2) is 5.42. The maximum atomic E-state index is 5.87. The van der Waals surface area contributed by atoms with E-state index in [9.17, 15) is 0 Å². The first-order valence-electron chi connectivity index (χ1n) is 4.22. The van der Waals surface area contributed by atoms with Crippen molar-refractivity contribution in [1.29, 1.82) is 0 Å². The highest BCUT2D eigenvalue weighted by molar-refractivity contribution is 6.30. The summed E-state index contributed by atoms with van der Waals surface area (Å²) < 4.78 is 0. The lowest BCUT2D eigenvalue weighted by atomic mass is 10.0. The molecule has 1 aliphatic carbocycles. The van der Waals surface area contributed by atoms with E-state index in [4.69, 9.17) is 11.6 Å². The van der Waals surface area contributed by atoms with E-state index in [1.54, 1.807) is 0 Å². The van der Waals surface area contributed by atoms with E-state index in [1.165, 1.54) is 11.1 Å². The van der Waals surface area contributed by atoms with Crippen molar-refractivity contribution in [1.82, 2.24) is 0 Å². The van der Waals surface area contributed by atoms with Crippen LogP contribution in [0.15, 0.2) is 22.3 Å². The molecule has 1 heteroatoms. The van der Waals surface area contributed by atoms with Crippen LogP contribution in [-0.2, 0) is 0 Å². The van der Waals surface area contributed by atoms with Gasteiger partial charge in [-0.3, -0.25) is 0 Å². The third kappa shape index (κ3) is 3.62. The van der Waals surface area contributed by atoms with Crippen molar-refractivity contribution in [3.05, 3.63) is 22.3 Å². The van der Waals surface area contributed by atoms with Gasteiger partial charge in [-0.2, -0.15) is 0 Å². The number of halogens is 1. The molecular formula is C10H17Cl. The normalized spacial score (nSPS) is 17.0. The third-order valence-electron chi connectivity index (χ3n) is 1.63. The molecule has 0 atom stereocenters. The van der Waals surface area contributed by atoms with Crippen LogP contribution in [0.25, 0.3) is 0 Å². The average molecular weight is 173 g/mol. The average Bonchev–Trinajstić information content (AvgIpc) is 2.02. The lowest BCUT2D eigenvalue weighted by Crippen LogP contribution is -1.89. The van der Waals surface area contributed by atoms with Crippen molar-refractivity contribution in [3.8, 4) is 0 Å². The molecule has 0 nitrogen and oxygen atoms in total. The van der Waals surface area contributed by atoms with Crippen LogP contribution in [0.4, 0.5) is 0 Å². The van der Waals surface area contributed by atoms with Gasteiger partial charge in [-0.15, -0.1) is 0 Å². The molecule has 0 unspecified atom stereocenters. The summed E-state index contributed by atoms with van der Waals surface area (Å²) in [5, 5.41) is 1.03. The Labute approximate surface area is 74.9 Å². The summed E-state index contributed by atoms with van der Waals surface area (Å²) in [4.78, 5) is 0. The molecule has 0 spiro atoms. The molecule has 0 N–H and O–H groups in total. The Morgan fingerprint density at radius 3 is 2.09 bits per heavy atom. The van der Waals surface area contributed by atoms with E-state index in [2.05, 4.69) is 19.9 Å². The molecule has 0 aromatic heterocycles. The monoisotopic (exact) mass is 172 g/mol. The highest BCUT2D eigenvalue weighted by Crippen LogP contribution is 2.25. The number of hydrogen-bond acceptors (Lipinski definition) is 0. The largest absolute Gasteiger partial charge is 0.0889 e. The standard InChI is InChI=1S/C8H11Cl.C2H6/c1-6-3-4-8(9)7(2)5-6;1-2/h5H,3-4H2,1-2H3;1-2H3. The molecule has 1 rings (SSSR count). The van der Waals surface area contributed by atoms with Gasteiger partial charge in [0, 0.05) is 5.03 Å². The predicted molar refractivity (Wildman–Crippen MR) is 52.9 cm³/mol. The molecule has 0 saturated carbocycles. The maximum Gasteiger partial charge on any atom is 0.0213 e. The van der Waals surface area contributed by atoms with Gasteiger partial charge >= 0.3 is 0 Å². The first kappa shape index (κ1) is 10.8. The molecule has 0 radical (unpaired) electrons. The Kier molecular flexibility index (Phi) is 5.31. The summed E-state index contributed by atoms with van der Waals surface area (Å²) in [7, 11) is 0. The second-order valence-corrected chi connectivity index (χ2v) is 3.03. The SMILES string of the molecule is CC.CC1=CC(C)=C(Cl)CC1. The Hall–Kier alpha value is -0.230. The zero-order valence-corrected chi connectivity index (χ0v) is 8.63. The van der Waals surface area contributed by atoms with Crippen molar-refractivity contribution < 1.29 is 0 Å². The molecule has 0 bridgehead atoms. The van der Waals surface area contributed by atoms with Crippen LogP contribution in [0.3, 0.4) is 0 Å². The van der Waals surface area contributed by atoms with Crippen LogP contribution in [0, 0.1) is 0 Å². The fourth-order valence-corrected chi connectivity index (χ4v) is 1.17. The van der Waals surface area contributed by atoms with Crippen LogP contribution in [0.5, 0.6) is 0 Å². The van der Waals surface area contributed by atoms with Gasteiger partial charge in [0.1, 0.15) is 0 Å². The molecule has 0 heterocycles. The molecule has 0 amide bonds. The summed E-state index contributed by atoms with van der Waals surface area (Å²) in [6, 6.07) is 0. The molecule has 0 aromatic rings. The van der Waals surface area contributed by atoms with Gasteiger partial charge in [0.05, 0.1) is 0 Å². The summed E-state index contributed by atoms with van der Waals surface area (Å²) in [6.07, 6.45) is 4.33. The third-order valence-corrected chi connectivity index (χ3v) is 2.12. The first-order valence-corrected chi connectivity index (χ1v) is 4.60. The lowest BCUT2D eigenvalue weighted by molar-refractivity contribution is 0.930. The van der Waals surface area contributed by atoms with E-state index in [0.29, 0.717) is 0 Å². The van der Waals surface area contributed by atoms with E-state index in [1.807, 2.05) is 13.8 Å². The van der Waals surface area contributed by atoms with Crippen LogP contribution in [0.2, 0.25) is 0 Å². The van der Waals surface area contributed by atoms with Crippen molar-refractivity contribution in [2.75, 3.05) is 0 Å². The summed E-state index contributed by atoms with van der Waals surface area (Å²) in [5.74, 6) is 0. The quantitative estimate of drug-likeness (QED) is 0.512. The first-order chi connectivity index (χ1) is 5.20. The fraction of sp³-hybridized carbons (Fsp3) is 0.600. The predicted octanol–water partition coefficient (Wildman–Crippen LogP) is 4.27. The fourth-order valence-electron chi connectivity index (χ4n) is 1.02. The lowest BCUT2D eigenvalue weighted by Gasteiger charge is -2.09. The van der Waals surface area contributed by atoms with E-state index in [-0.39, 0.29) is 0 Å². The van der Waals surface area contributed by atoms with Crippen molar-refractivity contribution in [2.24, 2.45) is 0 Å². The van der Waals surface area contributed by atoms with Gasteiger partial charge in [0.2, 0.25) is 0 Å². The Balaban J connectivity index is 0.000000461. The van der Waals surface area contributed by atoms with Gasteiger partial charge in [0.15, 0.2) is 0 Å².